The Hall–Kier alpha value is -0.720. The second-order valence-electron chi connectivity index (χ2n) is 4.20. The molecule has 1 nitrogen and oxygen atoms in total. The van der Waals surface area contributed by atoms with E-state index in [9.17, 15) is 0 Å². The Balaban J connectivity index is 3.08. The first-order chi connectivity index (χ1) is 4.91. The van der Waals surface area contributed by atoms with Crippen LogP contribution in [0.25, 0.3) is 0 Å². The molecule has 0 aliphatic rings. The number of aryl methyl sites for hydroxylation is 2. The lowest BCUT2D eigenvalue weighted by atomic mass is 10.1. The first-order valence-corrected chi connectivity index (χ1v) is 4.07. The maximum Gasteiger partial charge on any atom is 0.0355 e. The Bertz CT molecular complexity index is 231. The second-order valence-corrected chi connectivity index (χ2v) is 4.20. The maximum absolute atomic E-state index is 2.26. The summed E-state index contributed by atoms with van der Waals surface area (Å²) in [5.41, 5.74) is 2.97. The Morgan fingerprint density at radius 2 is 1.36 bits per heavy atom. The highest BCUT2D eigenvalue weighted by Crippen LogP contribution is 2.17. The van der Waals surface area contributed by atoms with Crippen molar-refractivity contribution in [1.82, 2.24) is 4.57 Å². The van der Waals surface area contributed by atoms with E-state index in [2.05, 4.69) is 51.6 Å². The van der Waals surface area contributed by atoms with Crippen molar-refractivity contribution in [3.05, 3.63) is 23.5 Å². The fourth-order valence-electron chi connectivity index (χ4n) is 1.05. The van der Waals surface area contributed by atoms with Crippen molar-refractivity contribution < 1.29 is 0 Å². The molecular formula is C10H17N. The van der Waals surface area contributed by atoms with Gasteiger partial charge in [-0.15, -0.1) is 0 Å². The molecule has 0 fully saturated rings. The molecule has 0 saturated heterocycles. The van der Waals surface area contributed by atoms with E-state index < -0.39 is 0 Å². The van der Waals surface area contributed by atoms with Gasteiger partial charge in [-0.3, -0.25) is 0 Å². The van der Waals surface area contributed by atoms with Gasteiger partial charge >= 0.3 is 0 Å². The molecule has 0 unspecified atom stereocenters. The Labute approximate surface area is 69.0 Å². The summed E-state index contributed by atoms with van der Waals surface area (Å²) >= 11 is 0. The Morgan fingerprint density at radius 1 is 1.00 bits per heavy atom. The summed E-state index contributed by atoms with van der Waals surface area (Å²) in [7, 11) is 0. The highest BCUT2D eigenvalue weighted by Gasteiger charge is 2.12. The van der Waals surface area contributed by atoms with E-state index in [0.29, 0.717) is 0 Å². The van der Waals surface area contributed by atoms with Crippen molar-refractivity contribution in [2.45, 2.75) is 40.2 Å². The fourth-order valence-corrected chi connectivity index (χ4v) is 1.05. The van der Waals surface area contributed by atoms with Gasteiger partial charge in [-0.1, -0.05) is 0 Å². The summed E-state index contributed by atoms with van der Waals surface area (Å²) < 4.78 is 2.26. The molecule has 0 aliphatic heterocycles. The minimum Gasteiger partial charge on any atom is -0.349 e. The quantitative estimate of drug-likeness (QED) is 0.537. The zero-order chi connectivity index (χ0) is 8.65. The van der Waals surface area contributed by atoms with Gasteiger partial charge in [0.2, 0.25) is 0 Å². The molecule has 1 aromatic heterocycles. The van der Waals surface area contributed by atoms with E-state index in [4.69, 9.17) is 0 Å². The van der Waals surface area contributed by atoms with Gasteiger partial charge < -0.3 is 4.57 Å². The van der Waals surface area contributed by atoms with Crippen LogP contribution in [0, 0.1) is 13.8 Å². The zero-order valence-corrected chi connectivity index (χ0v) is 8.10. The van der Waals surface area contributed by atoms with Crippen LogP contribution < -0.4 is 0 Å². The summed E-state index contributed by atoms with van der Waals surface area (Å²) in [6.45, 7) is 10.9. The van der Waals surface area contributed by atoms with Crippen molar-refractivity contribution in [3.8, 4) is 0 Å². The monoisotopic (exact) mass is 151 g/mol. The van der Waals surface area contributed by atoms with Gasteiger partial charge in [-0.05, 0) is 45.7 Å². The van der Waals surface area contributed by atoms with Crippen molar-refractivity contribution >= 4 is 0 Å². The number of hydrogen-bond acceptors (Lipinski definition) is 0. The predicted molar refractivity (Wildman–Crippen MR) is 48.9 cm³/mol. The van der Waals surface area contributed by atoms with Gasteiger partial charge in [0.05, 0.1) is 0 Å². The Morgan fingerprint density at radius 3 is 1.55 bits per heavy atom. The smallest absolute Gasteiger partial charge is 0.0355 e. The molecule has 0 bridgehead atoms. The third-order valence-corrected chi connectivity index (χ3v) is 2.06. The normalized spacial score (nSPS) is 12.1. The second kappa shape index (κ2) is 2.40. The molecule has 1 rings (SSSR count). The topological polar surface area (TPSA) is 4.93 Å². The van der Waals surface area contributed by atoms with Gasteiger partial charge in [0.15, 0.2) is 0 Å². The molecule has 0 spiro atoms. The van der Waals surface area contributed by atoms with E-state index >= 15 is 0 Å². The molecule has 0 aromatic carbocycles. The van der Waals surface area contributed by atoms with Crippen molar-refractivity contribution in [1.29, 1.82) is 0 Å². The first-order valence-electron chi connectivity index (χ1n) is 4.07. The average Bonchev–Trinajstić information content (AvgIpc) is 2.11. The lowest BCUT2D eigenvalue weighted by Gasteiger charge is -2.20. The average molecular weight is 151 g/mol. The van der Waals surface area contributed by atoms with Crippen LogP contribution in [-0.4, -0.2) is 4.57 Å². The molecule has 0 N–H and O–H groups in total. The molecule has 62 valence electrons. The minimum atomic E-state index is 0.221. The van der Waals surface area contributed by atoms with Gasteiger partial charge in [0.1, 0.15) is 0 Å². The molecular weight excluding hydrogens is 134 g/mol. The van der Waals surface area contributed by atoms with Gasteiger partial charge in [-0.25, -0.2) is 0 Å². The summed E-state index contributed by atoms with van der Waals surface area (Å²) in [4.78, 5) is 0. The maximum atomic E-state index is 2.26. The van der Waals surface area contributed by atoms with E-state index in [1.807, 2.05) is 0 Å². The predicted octanol–water partition coefficient (Wildman–Crippen LogP) is 2.86. The fraction of sp³-hybridized carbons (Fsp3) is 0.600. The Kier molecular flexibility index (Phi) is 1.83. The number of rotatable bonds is 0. The van der Waals surface area contributed by atoms with Crippen LogP contribution >= 0.6 is 0 Å². The van der Waals surface area contributed by atoms with Crippen LogP contribution in [0.5, 0.6) is 0 Å². The summed E-state index contributed by atoms with van der Waals surface area (Å²) in [6, 6.07) is 0. The van der Waals surface area contributed by atoms with Crippen LogP contribution in [0.15, 0.2) is 12.4 Å². The van der Waals surface area contributed by atoms with E-state index in [1.54, 1.807) is 0 Å². The minimum absolute atomic E-state index is 0.221. The van der Waals surface area contributed by atoms with Crippen molar-refractivity contribution in [2.75, 3.05) is 0 Å². The molecule has 11 heavy (non-hydrogen) atoms. The highest BCUT2D eigenvalue weighted by molar-refractivity contribution is 5.21. The van der Waals surface area contributed by atoms with Gasteiger partial charge in [0.25, 0.3) is 0 Å². The van der Waals surface area contributed by atoms with E-state index in [-0.39, 0.29) is 5.54 Å². The molecule has 0 atom stereocenters. The summed E-state index contributed by atoms with van der Waals surface area (Å²) in [5.74, 6) is 0. The SMILES string of the molecule is Cc1cn(C(C)(C)C)cc1C. The lowest BCUT2D eigenvalue weighted by Crippen LogP contribution is -2.19. The third kappa shape index (κ3) is 1.65. The zero-order valence-electron chi connectivity index (χ0n) is 8.10. The number of aromatic nitrogens is 1. The number of hydrogen-bond donors (Lipinski definition) is 0. The molecule has 1 heterocycles. The van der Waals surface area contributed by atoms with Crippen LogP contribution in [-0.2, 0) is 5.54 Å². The third-order valence-electron chi connectivity index (χ3n) is 2.06. The molecule has 1 aromatic rings. The van der Waals surface area contributed by atoms with Crippen molar-refractivity contribution in [3.63, 3.8) is 0 Å². The van der Waals surface area contributed by atoms with E-state index in [0.717, 1.165) is 0 Å². The summed E-state index contributed by atoms with van der Waals surface area (Å²) in [5, 5.41) is 0. The largest absolute Gasteiger partial charge is 0.349 e. The van der Waals surface area contributed by atoms with Crippen LogP contribution in [0.1, 0.15) is 31.9 Å². The first kappa shape index (κ1) is 8.38. The lowest BCUT2D eigenvalue weighted by molar-refractivity contribution is 0.398. The van der Waals surface area contributed by atoms with Crippen LogP contribution in [0.3, 0.4) is 0 Å². The standard InChI is InChI=1S/C10H17N/c1-8-6-11(7-9(8)2)10(3,4)5/h6-7H,1-5H3. The van der Waals surface area contributed by atoms with Crippen LogP contribution in [0.4, 0.5) is 0 Å². The van der Waals surface area contributed by atoms with Gasteiger partial charge in [0, 0.05) is 17.9 Å². The van der Waals surface area contributed by atoms with Crippen molar-refractivity contribution in [2.24, 2.45) is 0 Å². The van der Waals surface area contributed by atoms with Gasteiger partial charge in [-0.2, -0.15) is 0 Å². The number of nitrogens with zero attached hydrogens (tertiary/aromatic N) is 1. The molecule has 0 saturated carbocycles. The van der Waals surface area contributed by atoms with Crippen LogP contribution in [0.2, 0.25) is 0 Å². The molecule has 0 radical (unpaired) electrons. The molecule has 1 heteroatoms. The summed E-state index contributed by atoms with van der Waals surface area (Å²) in [6.07, 6.45) is 4.41. The van der Waals surface area contributed by atoms with E-state index in [1.165, 1.54) is 11.1 Å². The molecule has 0 aliphatic carbocycles. The molecule has 0 amide bonds. The highest BCUT2D eigenvalue weighted by atomic mass is 15.0.